The maximum atomic E-state index is 14.5. The number of amides is 12. The van der Waals surface area contributed by atoms with Crippen LogP contribution in [0.2, 0.25) is 0 Å². The van der Waals surface area contributed by atoms with E-state index < -0.39 is 157 Å². The molecule has 0 aliphatic carbocycles. The van der Waals surface area contributed by atoms with Gasteiger partial charge < -0.3 is 114 Å². The van der Waals surface area contributed by atoms with Crippen molar-refractivity contribution in [3.05, 3.63) is 0 Å². The lowest BCUT2D eigenvalue weighted by Crippen LogP contribution is -2.60. The van der Waals surface area contributed by atoms with Crippen molar-refractivity contribution >= 4 is 70.9 Å². The van der Waals surface area contributed by atoms with Crippen LogP contribution in [0.15, 0.2) is 0 Å². The van der Waals surface area contributed by atoms with Crippen molar-refractivity contribution in [1.29, 1.82) is 0 Å². The van der Waals surface area contributed by atoms with Gasteiger partial charge in [0.1, 0.15) is 66.5 Å². The van der Waals surface area contributed by atoms with Crippen molar-refractivity contribution < 1.29 is 67.7 Å². The molecule has 90 heavy (non-hydrogen) atoms. The zero-order chi connectivity index (χ0) is 67.1. The summed E-state index contributed by atoms with van der Waals surface area (Å²) in [5.41, 5.74) is 45.6. The summed E-state index contributed by atoms with van der Waals surface area (Å²) in [7, 11) is 0. The summed E-state index contributed by atoms with van der Waals surface area (Å²) in [5, 5.41) is 43.0. The van der Waals surface area contributed by atoms with Crippen molar-refractivity contribution in [2.24, 2.45) is 45.9 Å². The SMILES string of the molecule is C[C@H](NC(=O)CNC(=O)[C@@H](N)CO)C(=O)N1CCC[C@H]1C(=O)N1CCC[C@H]1C(=O)N[C@@H](CO)C(=O)N[C@@H](CCCCN)C(=O)N[C@@H](CCCCN)C(=O)N[C@@H](CCCCN)C(=O)N[C@@H](CCCCN)C(=O)N[C@@H](CCCCN)C(=O)N[C@@H](CCCCN)C(N)=O. The van der Waals surface area contributed by atoms with Crippen LogP contribution < -0.4 is 93.7 Å². The van der Waals surface area contributed by atoms with E-state index in [9.17, 15) is 62.6 Å². The highest BCUT2D eigenvalue weighted by atomic mass is 16.3. The first-order valence-electron chi connectivity index (χ1n) is 31.9. The van der Waals surface area contributed by atoms with Gasteiger partial charge in [-0.2, -0.15) is 0 Å². The molecule has 2 heterocycles. The van der Waals surface area contributed by atoms with Gasteiger partial charge in [-0.3, -0.25) is 57.5 Å². The highest BCUT2D eigenvalue weighted by Gasteiger charge is 2.44. The Labute approximate surface area is 527 Å². The molecule has 27 N–H and O–H groups in total. The molecule has 0 aromatic carbocycles. The zero-order valence-corrected chi connectivity index (χ0v) is 52.5. The third kappa shape index (κ3) is 28.2. The molecule has 11 atom stereocenters. The Hall–Kier alpha value is -6.72. The second kappa shape index (κ2) is 44.7. The van der Waals surface area contributed by atoms with Gasteiger partial charge in [-0.1, -0.05) is 0 Å². The van der Waals surface area contributed by atoms with Crippen LogP contribution in [-0.4, -0.2) is 229 Å². The number of hydrogen-bond donors (Lipinski definition) is 19. The third-order valence-corrected chi connectivity index (χ3v) is 15.7. The highest BCUT2D eigenvalue weighted by molar-refractivity contribution is 5.99. The van der Waals surface area contributed by atoms with E-state index in [0.29, 0.717) is 103 Å². The van der Waals surface area contributed by atoms with Crippen LogP contribution in [0.3, 0.4) is 0 Å². The molecule has 514 valence electrons. The number of rotatable bonds is 47. The van der Waals surface area contributed by atoms with E-state index in [1.54, 1.807) is 0 Å². The number of nitrogens with two attached hydrogens (primary N) is 8. The van der Waals surface area contributed by atoms with E-state index >= 15 is 0 Å². The van der Waals surface area contributed by atoms with Crippen LogP contribution in [0.5, 0.6) is 0 Å². The van der Waals surface area contributed by atoms with Crippen molar-refractivity contribution in [2.45, 2.75) is 215 Å². The fourth-order valence-electron chi connectivity index (χ4n) is 10.4. The number of unbranched alkanes of at least 4 members (excludes halogenated alkanes) is 6. The molecule has 0 unspecified atom stereocenters. The molecular formula is C57H107N19O14. The Morgan fingerprint density at radius 1 is 0.422 bits per heavy atom. The van der Waals surface area contributed by atoms with Gasteiger partial charge in [0, 0.05) is 13.1 Å². The number of nitrogens with one attached hydrogen (secondary N) is 9. The van der Waals surface area contributed by atoms with Crippen LogP contribution >= 0.6 is 0 Å². The number of aliphatic hydroxyl groups excluding tert-OH is 2. The number of aliphatic hydroxyl groups is 2. The first kappa shape index (κ1) is 79.4. The van der Waals surface area contributed by atoms with E-state index in [4.69, 9.17) is 51.0 Å². The molecule has 0 bridgehead atoms. The number of carbonyl (C=O) groups excluding carboxylic acids is 12. The smallest absolute Gasteiger partial charge is 0.246 e. The average molecular weight is 1280 g/mol. The molecule has 2 aliphatic heterocycles. The fourth-order valence-corrected chi connectivity index (χ4v) is 10.4. The highest BCUT2D eigenvalue weighted by Crippen LogP contribution is 2.26. The van der Waals surface area contributed by atoms with Gasteiger partial charge >= 0.3 is 0 Å². The lowest BCUT2D eigenvalue weighted by Gasteiger charge is -2.32. The molecule has 2 saturated heterocycles. The largest absolute Gasteiger partial charge is 0.394 e. The zero-order valence-electron chi connectivity index (χ0n) is 52.5. The van der Waals surface area contributed by atoms with Crippen LogP contribution in [-0.2, 0) is 57.5 Å². The van der Waals surface area contributed by atoms with Crippen molar-refractivity contribution in [2.75, 3.05) is 72.1 Å². The van der Waals surface area contributed by atoms with Crippen molar-refractivity contribution in [3.63, 3.8) is 0 Å². The fraction of sp³-hybridized carbons (Fsp3) is 0.789. The molecule has 2 fully saturated rings. The molecular weight excluding hydrogens is 1170 g/mol. The summed E-state index contributed by atoms with van der Waals surface area (Å²) in [6.07, 6.45) is 6.92. The quantitative estimate of drug-likeness (QED) is 0.0252. The number of hydrogen-bond acceptors (Lipinski definition) is 21. The summed E-state index contributed by atoms with van der Waals surface area (Å²) in [5.74, 6) is -8.94. The minimum Gasteiger partial charge on any atom is -0.394 e. The first-order valence-corrected chi connectivity index (χ1v) is 31.9. The van der Waals surface area contributed by atoms with Gasteiger partial charge in [0.05, 0.1) is 19.8 Å². The Balaban J connectivity index is 2.35. The molecule has 0 aromatic heterocycles. The predicted octanol–water partition coefficient (Wildman–Crippen LogP) is -7.45. The van der Waals surface area contributed by atoms with Gasteiger partial charge in [0.15, 0.2) is 0 Å². The lowest BCUT2D eigenvalue weighted by atomic mass is 10.0. The number of primary amides is 1. The Kier molecular flexibility index (Phi) is 39.4. The molecule has 2 aliphatic rings. The summed E-state index contributed by atoms with van der Waals surface area (Å²) in [4.78, 5) is 166. The van der Waals surface area contributed by atoms with Gasteiger partial charge in [-0.05, 0) is 187 Å². The van der Waals surface area contributed by atoms with E-state index in [0.717, 1.165) is 0 Å². The van der Waals surface area contributed by atoms with Crippen LogP contribution in [0.1, 0.15) is 148 Å². The molecule has 33 heteroatoms. The van der Waals surface area contributed by atoms with E-state index in [2.05, 4.69) is 47.9 Å². The number of carbonyl (C=O) groups is 12. The summed E-state index contributed by atoms with van der Waals surface area (Å²) >= 11 is 0. The minimum absolute atomic E-state index is 0.00843. The van der Waals surface area contributed by atoms with E-state index in [1.807, 2.05) is 0 Å². The molecule has 12 amide bonds. The van der Waals surface area contributed by atoms with Crippen molar-refractivity contribution in [1.82, 2.24) is 57.7 Å². The standard InChI is InChI=1S/C57H107N19O14/c1-35(67-46(79)32-66-48(81)36(64)33-77)56(89)76-31-15-23-45(76)57(90)75-30-14-22-44(75)55(88)74-43(34-78)54(87)73-42(21-7-13-29-63)53(86)72-41(20-6-12-28-62)52(85)71-40(19-5-11-27-61)51(84)70-39(18-4-10-26-60)50(83)69-38(17-3-9-25-59)49(82)68-37(47(65)80)16-2-8-24-58/h35-45,77-78H,2-34,58-64H2,1H3,(H2,65,80)(H,66,81)(H,67,79)(H,68,82)(H,69,83)(H,70,84)(H,71,85)(H,72,86)(H,73,87)(H,74,88)/t35-,36-,37-,38-,39-,40-,41-,42-,43-,44-,45-/m0/s1. The number of likely N-dealkylation sites (tertiary alicyclic amines) is 2. The Bertz CT molecular complexity index is 2290. The molecule has 0 spiro atoms. The van der Waals surface area contributed by atoms with Crippen molar-refractivity contribution in [3.8, 4) is 0 Å². The van der Waals surface area contributed by atoms with Gasteiger partial charge in [0.25, 0.3) is 0 Å². The third-order valence-electron chi connectivity index (χ3n) is 15.7. The minimum atomic E-state index is -1.64. The molecule has 0 saturated carbocycles. The summed E-state index contributed by atoms with van der Waals surface area (Å²) in [6.45, 7) is 1.26. The van der Waals surface area contributed by atoms with E-state index in [-0.39, 0.29) is 90.6 Å². The maximum absolute atomic E-state index is 14.5. The number of nitrogens with zero attached hydrogens (tertiary/aromatic N) is 2. The molecule has 0 aromatic rings. The van der Waals surface area contributed by atoms with Gasteiger partial charge in [-0.15, -0.1) is 0 Å². The summed E-state index contributed by atoms with van der Waals surface area (Å²) < 4.78 is 0. The first-order chi connectivity index (χ1) is 43.1. The normalized spacial score (nSPS) is 17.6. The van der Waals surface area contributed by atoms with Gasteiger partial charge in [-0.25, -0.2) is 0 Å². The summed E-state index contributed by atoms with van der Waals surface area (Å²) in [6, 6.07) is -13.5. The predicted molar refractivity (Wildman–Crippen MR) is 332 cm³/mol. The Morgan fingerprint density at radius 2 is 0.756 bits per heavy atom. The average Bonchev–Trinajstić information content (AvgIpc) is 2.24. The lowest BCUT2D eigenvalue weighted by molar-refractivity contribution is -0.148. The second-order valence-electron chi connectivity index (χ2n) is 22.9. The monoisotopic (exact) mass is 1280 g/mol. The molecule has 33 nitrogen and oxygen atoms in total. The second-order valence-corrected chi connectivity index (χ2v) is 22.9. The Morgan fingerprint density at radius 3 is 1.10 bits per heavy atom. The molecule has 0 radical (unpaired) electrons. The van der Waals surface area contributed by atoms with Crippen LogP contribution in [0.4, 0.5) is 0 Å². The van der Waals surface area contributed by atoms with Crippen LogP contribution in [0, 0.1) is 0 Å². The van der Waals surface area contributed by atoms with Crippen LogP contribution in [0.25, 0.3) is 0 Å². The maximum Gasteiger partial charge on any atom is 0.246 e. The van der Waals surface area contributed by atoms with Gasteiger partial charge in [0.2, 0.25) is 70.9 Å². The van der Waals surface area contributed by atoms with E-state index in [1.165, 1.54) is 16.7 Å². The topological polar surface area (TPSA) is 568 Å². The molecule has 2 rings (SSSR count).